The Kier molecular flexibility index (Phi) is 6.28. The van der Waals surface area contributed by atoms with E-state index >= 15 is 0 Å². The monoisotopic (exact) mass is 484 g/mol. The molecule has 0 saturated carbocycles. The molecule has 180 valence electrons. The van der Waals surface area contributed by atoms with Crippen LogP contribution in [-0.4, -0.2) is 19.9 Å². The van der Waals surface area contributed by atoms with Crippen LogP contribution in [0.5, 0.6) is 11.5 Å². The summed E-state index contributed by atoms with van der Waals surface area (Å²) in [4.78, 5) is 17.0. The van der Waals surface area contributed by atoms with Crippen LogP contribution < -0.4 is 9.47 Å². The van der Waals surface area contributed by atoms with E-state index in [1.807, 2.05) is 109 Å². The first-order chi connectivity index (χ1) is 18.3. The molecule has 0 spiro atoms. The van der Waals surface area contributed by atoms with Gasteiger partial charge in [-0.25, -0.2) is 9.97 Å². The van der Waals surface area contributed by atoms with E-state index in [0.717, 1.165) is 39.1 Å². The van der Waals surface area contributed by atoms with E-state index in [-0.39, 0.29) is 0 Å². The Labute approximate surface area is 214 Å². The number of benzene rings is 3. The summed E-state index contributed by atoms with van der Waals surface area (Å²) in [5, 5.41) is 0. The second-order valence-corrected chi connectivity index (χ2v) is 8.63. The average Bonchev–Trinajstić information content (AvgIpc) is 3.40. The number of aromatic amines is 1. The second-order valence-electron chi connectivity index (χ2n) is 8.63. The molecule has 0 saturated heterocycles. The fraction of sp³-hybridized carbons (Fsp3) is 0.0645. The van der Waals surface area contributed by atoms with Crippen molar-refractivity contribution in [1.82, 2.24) is 19.9 Å². The van der Waals surface area contributed by atoms with Gasteiger partial charge in [0.2, 0.25) is 0 Å². The van der Waals surface area contributed by atoms with Gasteiger partial charge in [0.1, 0.15) is 36.1 Å². The van der Waals surface area contributed by atoms with E-state index in [0.29, 0.717) is 30.4 Å². The number of imidazole rings is 1. The molecule has 0 aliphatic rings. The molecule has 6 aromatic rings. The molecule has 0 aliphatic carbocycles. The highest BCUT2D eigenvalue weighted by Gasteiger charge is 2.15. The van der Waals surface area contributed by atoms with Crippen LogP contribution in [0.1, 0.15) is 11.1 Å². The van der Waals surface area contributed by atoms with Crippen molar-refractivity contribution in [1.29, 1.82) is 0 Å². The largest absolute Gasteiger partial charge is 0.489 e. The summed E-state index contributed by atoms with van der Waals surface area (Å²) < 4.78 is 12.3. The van der Waals surface area contributed by atoms with Gasteiger partial charge in [0.05, 0.1) is 5.56 Å². The Morgan fingerprint density at radius 1 is 0.676 bits per heavy atom. The zero-order valence-electron chi connectivity index (χ0n) is 20.0. The van der Waals surface area contributed by atoms with Crippen LogP contribution in [0, 0.1) is 0 Å². The van der Waals surface area contributed by atoms with Gasteiger partial charge in [-0.1, -0.05) is 66.7 Å². The molecule has 3 aromatic heterocycles. The lowest BCUT2D eigenvalue weighted by atomic mass is 10.1. The van der Waals surface area contributed by atoms with Crippen LogP contribution in [-0.2, 0) is 13.2 Å². The first-order valence-electron chi connectivity index (χ1n) is 12.1. The summed E-state index contributed by atoms with van der Waals surface area (Å²) in [7, 11) is 0. The van der Waals surface area contributed by atoms with Gasteiger partial charge < -0.3 is 14.5 Å². The minimum atomic E-state index is 0.446. The molecule has 0 unspecified atom stereocenters. The summed E-state index contributed by atoms with van der Waals surface area (Å²) in [6.07, 6.45) is 5.40. The number of ether oxygens (including phenoxy) is 2. The van der Waals surface area contributed by atoms with Crippen molar-refractivity contribution < 1.29 is 9.47 Å². The molecule has 1 N–H and O–H groups in total. The number of H-pyrrole nitrogens is 1. The summed E-state index contributed by atoms with van der Waals surface area (Å²) in [5.74, 6) is 2.11. The molecule has 0 fully saturated rings. The van der Waals surface area contributed by atoms with E-state index in [2.05, 4.69) is 15.0 Å². The van der Waals surface area contributed by atoms with Gasteiger partial charge in [0.15, 0.2) is 5.65 Å². The van der Waals surface area contributed by atoms with Gasteiger partial charge in [0, 0.05) is 29.7 Å². The van der Waals surface area contributed by atoms with Crippen LogP contribution >= 0.6 is 0 Å². The maximum Gasteiger partial charge on any atom is 0.157 e. The number of nitrogens with zero attached hydrogens (tertiary/aromatic N) is 3. The molecule has 37 heavy (non-hydrogen) atoms. The SMILES string of the molecule is c1ccc(COc2ccc(OCc3ccccc3)c(-c3nc4cc(-c5cccnc5)cnc4[nH]3)c2)cc1. The molecule has 0 amide bonds. The summed E-state index contributed by atoms with van der Waals surface area (Å²) >= 11 is 0. The van der Waals surface area contributed by atoms with Crippen LogP contribution in [0.25, 0.3) is 33.7 Å². The number of hydrogen-bond acceptors (Lipinski definition) is 5. The minimum Gasteiger partial charge on any atom is -0.489 e. The third-order valence-corrected chi connectivity index (χ3v) is 6.02. The second kappa shape index (κ2) is 10.3. The number of hydrogen-bond donors (Lipinski definition) is 1. The van der Waals surface area contributed by atoms with Crippen molar-refractivity contribution in [3.05, 3.63) is 127 Å². The van der Waals surface area contributed by atoms with E-state index < -0.39 is 0 Å². The molecule has 0 atom stereocenters. The highest BCUT2D eigenvalue weighted by Crippen LogP contribution is 2.34. The van der Waals surface area contributed by atoms with Crippen LogP contribution in [0.2, 0.25) is 0 Å². The molecule has 0 aliphatic heterocycles. The highest BCUT2D eigenvalue weighted by molar-refractivity contribution is 5.82. The number of pyridine rings is 2. The molecule has 6 heteroatoms. The van der Waals surface area contributed by atoms with Crippen LogP contribution in [0.3, 0.4) is 0 Å². The standard InChI is InChI=1S/C31H24N4O2/c1-3-8-22(9-4-1)20-36-26-13-14-29(37-21-23-10-5-2-6-11-23)27(17-26)30-34-28-16-25(19-33-31(28)35-30)24-12-7-15-32-18-24/h1-19H,20-21H2,(H,33,34,35). The Hall–Kier alpha value is -4.97. The van der Waals surface area contributed by atoms with E-state index in [4.69, 9.17) is 14.5 Å². The summed E-state index contributed by atoms with van der Waals surface area (Å²) in [6.45, 7) is 0.919. The van der Waals surface area contributed by atoms with Gasteiger partial charge in [-0.2, -0.15) is 0 Å². The average molecular weight is 485 g/mol. The zero-order valence-corrected chi connectivity index (χ0v) is 20.0. The molecule has 3 aromatic carbocycles. The van der Waals surface area contributed by atoms with Gasteiger partial charge >= 0.3 is 0 Å². The lowest BCUT2D eigenvalue weighted by Crippen LogP contribution is -1.99. The van der Waals surface area contributed by atoms with Gasteiger partial charge in [-0.3, -0.25) is 4.98 Å². The fourth-order valence-electron chi connectivity index (χ4n) is 4.10. The molecule has 6 rings (SSSR count). The number of rotatable bonds is 8. The molecule has 0 radical (unpaired) electrons. The third kappa shape index (κ3) is 5.18. The lowest BCUT2D eigenvalue weighted by Gasteiger charge is -2.13. The van der Waals surface area contributed by atoms with E-state index in [1.165, 1.54) is 0 Å². The van der Waals surface area contributed by atoms with Gasteiger partial charge in [-0.05, 0) is 41.5 Å². The van der Waals surface area contributed by atoms with Crippen molar-refractivity contribution in [2.75, 3.05) is 0 Å². The third-order valence-electron chi connectivity index (χ3n) is 6.02. The molecular weight excluding hydrogens is 460 g/mol. The smallest absolute Gasteiger partial charge is 0.157 e. The summed E-state index contributed by atoms with van der Waals surface area (Å²) in [5.41, 5.74) is 6.41. The number of fused-ring (bicyclic) bond motifs is 1. The molecule has 6 nitrogen and oxygen atoms in total. The van der Waals surface area contributed by atoms with Crippen LogP contribution in [0.4, 0.5) is 0 Å². The topological polar surface area (TPSA) is 72.9 Å². The fourth-order valence-corrected chi connectivity index (χ4v) is 4.10. The normalized spacial score (nSPS) is 10.9. The molecule has 3 heterocycles. The first kappa shape index (κ1) is 22.5. The van der Waals surface area contributed by atoms with Crippen molar-refractivity contribution in [2.24, 2.45) is 0 Å². The summed E-state index contributed by atoms with van der Waals surface area (Å²) in [6, 6.07) is 31.9. The minimum absolute atomic E-state index is 0.446. The van der Waals surface area contributed by atoms with E-state index in [1.54, 1.807) is 6.20 Å². The molecule has 0 bridgehead atoms. The maximum absolute atomic E-state index is 6.24. The van der Waals surface area contributed by atoms with E-state index in [9.17, 15) is 0 Å². The predicted octanol–water partition coefficient (Wildman–Crippen LogP) is 6.84. The molecular formula is C31H24N4O2. The van der Waals surface area contributed by atoms with Gasteiger partial charge in [0.25, 0.3) is 0 Å². The van der Waals surface area contributed by atoms with Crippen molar-refractivity contribution in [2.45, 2.75) is 13.2 Å². The lowest BCUT2D eigenvalue weighted by molar-refractivity contribution is 0.298. The van der Waals surface area contributed by atoms with Crippen molar-refractivity contribution in [3.8, 4) is 34.0 Å². The Balaban J connectivity index is 1.34. The number of aromatic nitrogens is 4. The highest BCUT2D eigenvalue weighted by atomic mass is 16.5. The maximum atomic E-state index is 6.24. The van der Waals surface area contributed by atoms with Crippen molar-refractivity contribution in [3.63, 3.8) is 0 Å². The predicted molar refractivity (Wildman–Crippen MR) is 144 cm³/mol. The number of nitrogens with one attached hydrogen (secondary N) is 1. The first-order valence-corrected chi connectivity index (χ1v) is 12.1. The quantitative estimate of drug-likeness (QED) is 0.256. The van der Waals surface area contributed by atoms with Gasteiger partial charge in [-0.15, -0.1) is 0 Å². The Morgan fingerprint density at radius 3 is 2.16 bits per heavy atom. The van der Waals surface area contributed by atoms with Crippen molar-refractivity contribution >= 4 is 11.2 Å². The zero-order chi connectivity index (χ0) is 24.9. The van der Waals surface area contributed by atoms with Crippen LogP contribution in [0.15, 0.2) is 116 Å². The Bertz CT molecular complexity index is 1620. The Morgan fingerprint density at radius 2 is 1.43 bits per heavy atom.